The van der Waals surface area contributed by atoms with E-state index in [1.807, 2.05) is 60.7 Å². The van der Waals surface area contributed by atoms with Gasteiger partial charge in [0.2, 0.25) is 6.04 Å². The van der Waals surface area contributed by atoms with Crippen LogP contribution < -0.4 is 15.3 Å². The van der Waals surface area contributed by atoms with Gasteiger partial charge in [0.15, 0.2) is 6.61 Å². The summed E-state index contributed by atoms with van der Waals surface area (Å²) in [4.78, 5) is 49.7. The first kappa shape index (κ1) is 30.0. The van der Waals surface area contributed by atoms with Gasteiger partial charge in [0, 0.05) is 34.7 Å². The molecule has 1 unspecified atom stereocenters. The Labute approximate surface area is 222 Å². The molecule has 38 heavy (non-hydrogen) atoms. The predicted octanol–water partition coefficient (Wildman–Crippen LogP) is 0.504. The first-order chi connectivity index (χ1) is 18.1. The van der Waals surface area contributed by atoms with Gasteiger partial charge in [-0.3, -0.25) is 4.79 Å². The minimum Gasteiger partial charge on any atom is -0.550 e. The Kier molecular flexibility index (Phi) is 11.9. The van der Waals surface area contributed by atoms with E-state index in [1.165, 1.54) is 13.8 Å². The van der Waals surface area contributed by atoms with E-state index >= 15 is 0 Å². The minimum absolute atomic E-state index is 0.134. The van der Waals surface area contributed by atoms with Crippen molar-refractivity contribution in [2.45, 2.75) is 45.4 Å². The van der Waals surface area contributed by atoms with E-state index in [4.69, 9.17) is 9.47 Å². The molecular weight excluding hydrogens is 488 g/mol. The number of hydrogen-bond donors (Lipinski definition) is 2. The molecule has 0 heterocycles. The fraction of sp³-hybridized carbons (Fsp3) is 0.310. The van der Waals surface area contributed by atoms with Crippen LogP contribution in [-0.4, -0.2) is 49.1 Å². The zero-order valence-corrected chi connectivity index (χ0v) is 21.7. The molecule has 0 spiro atoms. The molecule has 0 radical (unpaired) electrons. The van der Waals surface area contributed by atoms with E-state index in [2.05, 4.69) is 18.5 Å². The number of hydrogen-bond acceptors (Lipinski definition) is 7. The molecule has 0 saturated carbocycles. The number of carbonyl (C=O) groups excluding carboxylic acids is 4. The molecule has 0 aliphatic heterocycles. The number of aliphatic carboxylic acids is 1. The van der Waals surface area contributed by atoms with Gasteiger partial charge < -0.3 is 29.6 Å². The van der Waals surface area contributed by atoms with Gasteiger partial charge in [-0.25, -0.2) is 9.59 Å². The van der Waals surface area contributed by atoms with Crippen molar-refractivity contribution in [3.05, 3.63) is 96.1 Å². The lowest BCUT2D eigenvalue weighted by Crippen LogP contribution is -3.15. The lowest BCUT2D eigenvalue weighted by Gasteiger charge is -2.29. The molecule has 0 aliphatic rings. The van der Waals surface area contributed by atoms with Crippen LogP contribution >= 0.6 is 0 Å². The molecule has 0 aromatic heterocycles. The third-order valence-corrected chi connectivity index (χ3v) is 5.61. The lowest BCUT2D eigenvalue weighted by molar-refractivity contribution is -0.943. The molecule has 0 saturated heterocycles. The van der Waals surface area contributed by atoms with Crippen LogP contribution in [-0.2, 0) is 41.7 Å². The summed E-state index contributed by atoms with van der Waals surface area (Å²) in [6.45, 7) is 10.2. The third-order valence-electron chi connectivity index (χ3n) is 5.61. The van der Waals surface area contributed by atoms with Gasteiger partial charge in [-0.05, 0) is 13.8 Å². The lowest BCUT2D eigenvalue weighted by atomic mass is 10.1. The smallest absolute Gasteiger partial charge is 0.333 e. The third kappa shape index (κ3) is 10.4. The second-order valence-corrected chi connectivity index (χ2v) is 9.07. The molecule has 0 fully saturated rings. The number of esters is 2. The highest BCUT2D eigenvalue weighted by molar-refractivity contribution is 5.88. The summed E-state index contributed by atoms with van der Waals surface area (Å²) in [6, 6.07) is 17.0. The zero-order valence-electron chi connectivity index (χ0n) is 21.7. The Hall–Kier alpha value is -4.24. The Morgan fingerprint density at radius 2 is 1.26 bits per heavy atom. The van der Waals surface area contributed by atoms with Crippen LogP contribution in [0.3, 0.4) is 0 Å². The van der Waals surface area contributed by atoms with Gasteiger partial charge in [-0.1, -0.05) is 73.8 Å². The molecule has 2 N–H and O–H groups in total. The summed E-state index contributed by atoms with van der Waals surface area (Å²) in [5, 5.41) is 14.0. The monoisotopic (exact) mass is 522 g/mol. The Morgan fingerprint density at radius 3 is 1.68 bits per heavy atom. The van der Waals surface area contributed by atoms with Crippen LogP contribution in [0.1, 0.15) is 31.4 Å². The number of quaternary nitrogens is 1. The molecule has 9 nitrogen and oxygen atoms in total. The second-order valence-electron chi connectivity index (χ2n) is 9.07. The van der Waals surface area contributed by atoms with Crippen LogP contribution in [0.15, 0.2) is 85.0 Å². The summed E-state index contributed by atoms with van der Waals surface area (Å²) in [5.41, 5.74) is 2.21. The average molecular weight is 523 g/mol. The number of benzene rings is 2. The maximum Gasteiger partial charge on any atom is 0.333 e. The fourth-order valence-electron chi connectivity index (χ4n) is 3.64. The van der Waals surface area contributed by atoms with Crippen LogP contribution in [0, 0.1) is 0 Å². The molecule has 2 atom stereocenters. The van der Waals surface area contributed by atoms with E-state index in [0.29, 0.717) is 13.1 Å². The average Bonchev–Trinajstić information content (AvgIpc) is 2.87. The van der Waals surface area contributed by atoms with Gasteiger partial charge in [0.25, 0.3) is 5.91 Å². The van der Waals surface area contributed by atoms with Crippen LogP contribution in [0.2, 0.25) is 0 Å². The van der Waals surface area contributed by atoms with Crippen molar-refractivity contribution in [1.82, 2.24) is 5.32 Å². The van der Waals surface area contributed by atoms with Crippen molar-refractivity contribution in [3.8, 4) is 0 Å². The summed E-state index contributed by atoms with van der Waals surface area (Å²) in [5.74, 6) is -3.36. The Balaban J connectivity index is 2.36. The van der Waals surface area contributed by atoms with Crippen molar-refractivity contribution in [3.63, 3.8) is 0 Å². The van der Waals surface area contributed by atoms with Crippen LogP contribution in [0.5, 0.6) is 0 Å². The standard InChI is InChI=1S/C29H34N2O7/c1-20(2)28(35)37-18-24(15-26(32)33)30-27(34)25(19-38-29(36)21(3)4)31(16-22-11-7-5-8-12-22)17-23-13-9-6-10-14-23/h5-14,24-25H,1,3,15-19H2,2,4H3,(H,30,34)(H,32,33)/t24?,25-/m0/s1. The molecule has 2 rings (SSSR count). The number of rotatable bonds is 15. The van der Waals surface area contributed by atoms with Crippen molar-refractivity contribution >= 4 is 23.8 Å². The molecular formula is C29H34N2O7. The van der Waals surface area contributed by atoms with Gasteiger partial charge in [-0.15, -0.1) is 0 Å². The van der Waals surface area contributed by atoms with E-state index in [-0.39, 0.29) is 17.8 Å². The maximum absolute atomic E-state index is 13.6. The molecule has 2 aromatic carbocycles. The summed E-state index contributed by atoms with van der Waals surface area (Å²) in [7, 11) is 0. The van der Waals surface area contributed by atoms with Gasteiger partial charge in [0.1, 0.15) is 19.7 Å². The van der Waals surface area contributed by atoms with E-state index in [9.17, 15) is 24.3 Å². The number of carboxylic acid groups (broad SMARTS) is 1. The Bertz CT molecular complexity index is 1090. The largest absolute Gasteiger partial charge is 0.550 e. The van der Waals surface area contributed by atoms with Gasteiger partial charge in [0.05, 0.1) is 6.04 Å². The number of ether oxygens (including phenoxy) is 2. The highest BCUT2D eigenvalue weighted by Crippen LogP contribution is 2.03. The van der Waals surface area contributed by atoms with Crippen LogP contribution in [0.4, 0.5) is 0 Å². The summed E-state index contributed by atoms with van der Waals surface area (Å²) in [6.07, 6.45) is -0.583. The SMILES string of the molecule is C=C(C)C(=O)OCC(CC(=O)[O-])NC(=O)[C@H](COC(=O)C(=C)C)[NH+](Cc1ccccc1)Cc1ccccc1. The van der Waals surface area contributed by atoms with E-state index in [1.54, 1.807) is 0 Å². The van der Waals surface area contributed by atoms with Gasteiger partial charge >= 0.3 is 11.9 Å². The normalized spacial score (nSPS) is 12.2. The molecule has 0 bridgehead atoms. The number of carboxylic acids is 1. The quantitative estimate of drug-likeness (QED) is 0.258. The molecule has 202 valence electrons. The molecule has 2 aromatic rings. The number of nitrogens with one attached hydrogen (secondary N) is 2. The van der Waals surface area contributed by atoms with E-state index < -0.39 is 48.9 Å². The molecule has 0 aliphatic carbocycles. The highest BCUT2D eigenvalue weighted by Gasteiger charge is 2.33. The maximum atomic E-state index is 13.6. The fourth-order valence-corrected chi connectivity index (χ4v) is 3.64. The first-order valence-corrected chi connectivity index (χ1v) is 12.1. The van der Waals surface area contributed by atoms with Crippen molar-refractivity contribution < 1.29 is 38.7 Å². The predicted molar refractivity (Wildman–Crippen MR) is 138 cm³/mol. The van der Waals surface area contributed by atoms with Crippen molar-refractivity contribution in [2.75, 3.05) is 13.2 Å². The number of amides is 1. The zero-order chi connectivity index (χ0) is 28.1. The van der Waals surface area contributed by atoms with Gasteiger partial charge in [-0.2, -0.15) is 0 Å². The minimum atomic E-state index is -1.43. The molecule has 9 heteroatoms. The summed E-state index contributed by atoms with van der Waals surface area (Å²) < 4.78 is 10.5. The molecule has 1 amide bonds. The van der Waals surface area contributed by atoms with Crippen molar-refractivity contribution in [1.29, 1.82) is 0 Å². The van der Waals surface area contributed by atoms with Crippen molar-refractivity contribution in [2.24, 2.45) is 0 Å². The topological polar surface area (TPSA) is 126 Å². The Morgan fingerprint density at radius 1 is 0.816 bits per heavy atom. The number of carbonyl (C=O) groups is 4. The first-order valence-electron chi connectivity index (χ1n) is 12.1. The second kappa shape index (κ2) is 15.1. The highest BCUT2D eigenvalue weighted by atomic mass is 16.5. The van der Waals surface area contributed by atoms with Crippen LogP contribution in [0.25, 0.3) is 0 Å². The summed E-state index contributed by atoms with van der Waals surface area (Å²) >= 11 is 0. The van der Waals surface area contributed by atoms with E-state index in [0.717, 1.165) is 16.0 Å².